The lowest BCUT2D eigenvalue weighted by Gasteiger charge is -2.35. The van der Waals surface area contributed by atoms with Gasteiger partial charge >= 0.3 is 5.97 Å². The fourth-order valence-electron chi connectivity index (χ4n) is 4.62. The van der Waals surface area contributed by atoms with Gasteiger partial charge in [0.25, 0.3) is 0 Å². The Hall–Kier alpha value is -3.04. The number of hydrogen-bond donors (Lipinski definition) is 1. The molecule has 1 fully saturated rings. The van der Waals surface area contributed by atoms with Crippen molar-refractivity contribution in [3.8, 4) is 0 Å². The maximum Gasteiger partial charge on any atom is 0.320 e. The molecule has 0 spiro atoms. The van der Waals surface area contributed by atoms with Gasteiger partial charge in [-0.25, -0.2) is 19.9 Å². The first kappa shape index (κ1) is 25.1. The highest BCUT2D eigenvalue weighted by molar-refractivity contribution is 6.30. The van der Waals surface area contributed by atoms with Gasteiger partial charge in [0.05, 0.1) is 19.3 Å². The number of rotatable bonds is 9. The molecule has 4 rings (SSSR count). The Morgan fingerprint density at radius 2 is 1.97 bits per heavy atom. The molecule has 1 N–H and O–H groups in total. The summed E-state index contributed by atoms with van der Waals surface area (Å²) in [6.45, 7) is 3.49. The van der Waals surface area contributed by atoms with E-state index in [9.17, 15) is 4.79 Å². The number of fused-ring (bicyclic) bond motifs is 1. The number of halogens is 1. The van der Waals surface area contributed by atoms with Crippen molar-refractivity contribution in [2.45, 2.75) is 38.6 Å². The van der Waals surface area contributed by atoms with E-state index in [1.54, 1.807) is 6.20 Å². The number of esters is 1. The van der Waals surface area contributed by atoms with Crippen molar-refractivity contribution in [1.82, 2.24) is 24.8 Å². The van der Waals surface area contributed by atoms with Crippen molar-refractivity contribution in [2.75, 3.05) is 44.0 Å². The zero-order valence-electron chi connectivity index (χ0n) is 20.4. The average molecular weight is 498 g/mol. The lowest BCUT2D eigenvalue weighted by Crippen LogP contribution is -2.39. The van der Waals surface area contributed by atoms with Crippen LogP contribution in [0.2, 0.25) is 5.02 Å². The number of carbonyl (C=O) groups excluding carboxylic acids is 1. The number of likely N-dealkylation sites (N-methyl/N-ethyl adjacent to an activating group) is 1. The maximum atomic E-state index is 11.7. The highest BCUT2D eigenvalue weighted by Crippen LogP contribution is 2.30. The van der Waals surface area contributed by atoms with Gasteiger partial charge in [-0.1, -0.05) is 17.7 Å². The molecule has 1 aliphatic carbocycles. The van der Waals surface area contributed by atoms with Gasteiger partial charge in [-0.2, -0.15) is 0 Å². The second kappa shape index (κ2) is 11.6. The number of nitrogens with one attached hydrogen (secondary N) is 1. The summed E-state index contributed by atoms with van der Waals surface area (Å²) in [5.41, 5.74) is 2.17. The van der Waals surface area contributed by atoms with Gasteiger partial charge in [0.2, 0.25) is 5.95 Å². The molecular weight excluding hydrogens is 466 g/mol. The van der Waals surface area contributed by atoms with Crippen LogP contribution in [0.1, 0.15) is 32.6 Å². The summed E-state index contributed by atoms with van der Waals surface area (Å²) in [6, 6.07) is 7.83. The molecule has 0 bridgehead atoms. The standard InChI is InChI=1S/C25H32ClN7O2/c1-4-35-22(34)15-32(2)14-17-8-10-20(11-9-17)33(3)25-27-13-21-23(31-25)24(29-16-28-21)30-19-7-5-6-18(26)12-19/h5-7,12-13,16-17,20H,4,8-11,14-15H2,1-3H3,(H,28,29,30). The highest BCUT2D eigenvalue weighted by atomic mass is 35.5. The fourth-order valence-corrected chi connectivity index (χ4v) is 4.81. The summed E-state index contributed by atoms with van der Waals surface area (Å²) < 4.78 is 5.06. The van der Waals surface area contributed by atoms with E-state index >= 15 is 0 Å². The number of carbonyl (C=O) groups is 1. The van der Waals surface area contributed by atoms with E-state index in [-0.39, 0.29) is 5.97 Å². The van der Waals surface area contributed by atoms with E-state index in [2.05, 4.69) is 30.1 Å². The van der Waals surface area contributed by atoms with Crippen LogP contribution in [0.4, 0.5) is 17.5 Å². The molecule has 1 saturated carbocycles. The lowest BCUT2D eigenvalue weighted by molar-refractivity contribution is -0.144. The van der Waals surface area contributed by atoms with Crippen molar-refractivity contribution >= 4 is 46.1 Å². The third-order valence-electron chi connectivity index (χ3n) is 6.41. The minimum Gasteiger partial charge on any atom is -0.465 e. The van der Waals surface area contributed by atoms with Crippen LogP contribution in [0.15, 0.2) is 36.8 Å². The number of benzene rings is 1. The summed E-state index contributed by atoms with van der Waals surface area (Å²) in [5.74, 6) is 1.68. The van der Waals surface area contributed by atoms with E-state index in [1.165, 1.54) is 6.33 Å². The minimum atomic E-state index is -0.162. The number of aromatic nitrogens is 4. The molecule has 0 aliphatic heterocycles. The molecule has 0 unspecified atom stereocenters. The van der Waals surface area contributed by atoms with Crippen LogP contribution in [0.3, 0.4) is 0 Å². The third-order valence-corrected chi connectivity index (χ3v) is 6.64. The molecule has 3 aromatic rings. The van der Waals surface area contributed by atoms with Crippen molar-refractivity contribution in [2.24, 2.45) is 5.92 Å². The molecule has 0 amide bonds. The largest absolute Gasteiger partial charge is 0.465 e. The molecule has 0 radical (unpaired) electrons. The quantitative estimate of drug-likeness (QED) is 0.434. The Morgan fingerprint density at radius 1 is 1.17 bits per heavy atom. The van der Waals surface area contributed by atoms with Gasteiger partial charge in [-0.15, -0.1) is 0 Å². The van der Waals surface area contributed by atoms with E-state index in [1.807, 2.05) is 45.3 Å². The van der Waals surface area contributed by atoms with Crippen LogP contribution in [-0.2, 0) is 9.53 Å². The molecule has 2 aromatic heterocycles. The molecule has 2 heterocycles. The Morgan fingerprint density at radius 3 is 2.71 bits per heavy atom. The summed E-state index contributed by atoms with van der Waals surface area (Å²) in [7, 11) is 4.03. The lowest BCUT2D eigenvalue weighted by atomic mass is 9.85. The Kier molecular flexibility index (Phi) is 8.30. The first-order valence-electron chi connectivity index (χ1n) is 12.0. The van der Waals surface area contributed by atoms with Crippen LogP contribution < -0.4 is 10.2 Å². The molecule has 9 nitrogen and oxygen atoms in total. The van der Waals surface area contributed by atoms with Gasteiger partial charge in [-0.3, -0.25) is 9.69 Å². The van der Waals surface area contributed by atoms with E-state index < -0.39 is 0 Å². The molecule has 10 heteroatoms. The minimum absolute atomic E-state index is 0.162. The predicted molar refractivity (Wildman–Crippen MR) is 138 cm³/mol. The summed E-state index contributed by atoms with van der Waals surface area (Å²) in [5, 5.41) is 3.94. The molecule has 0 saturated heterocycles. The Balaban J connectivity index is 1.40. The normalized spacial score (nSPS) is 18.0. The zero-order chi connectivity index (χ0) is 24.8. The Labute approximate surface area is 210 Å². The molecule has 0 atom stereocenters. The summed E-state index contributed by atoms with van der Waals surface area (Å²) in [6.07, 6.45) is 7.54. The van der Waals surface area contributed by atoms with Gasteiger partial charge in [0, 0.05) is 30.3 Å². The summed E-state index contributed by atoms with van der Waals surface area (Å²) in [4.78, 5) is 34.1. The molecule has 1 aliphatic rings. The van der Waals surface area contributed by atoms with Gasteiger partial charge < -0.3 is 15.0 Å². The highest BCUT2D eigenvalue weighted by Gasteiger charge is 2.27. The second-order valence-corrected chi connectivity index (χ2v) is 9.49. The smallest absolute Gasteiger partial charge is 0.320 e. The van der Waals surface area contributed by atoms with Gasteiger partial charge in [0.1, 0.15) is 17.4 Å². The number of hydrogen-bond acceptors (Lipinski definition) is 9. The molecule has 35 heavy (non-hydrogen) atoms. The number of anilines is 3. The second-order valence-electron chi connectivity index (χ2n) is 9.05. The first-order valence-corrected chi connectivity index (χ1v) is 12.4. The van der Waals surface area contributed by atoms with E-state index in [0.717, 1.165) is 37.9 Å². The summed E-state index contributed by atoms with van der Waals surface area (Å²) >= 11 is 6.13. The van der Waals surface area contributed by atoms with Crippen LogP contribution >= 0.6 is 11.6 Å². The zero-order valence-corrected chi connectivity index (χ0v) is 21.2. The molecule has 1 aromatic carbocycles. The van der Waals surface area contributed by atoms with Crippen LogP contribution in [-0.4, -0.2) is 70.6 Å². The van der Waals surface area contributed by atoms with Crippen LogP contribution in [0.5, 0.6) is 0 Å². The van der Waals surface area contributed by atoms with E-state index in [0.29, 0.717) is 52.9 Å². The monoisotopic (exact) mass is 497 g/mol. The third kappa shape index (κ3) is 6.55. The number of nitrogens with zero attached hydrogens (tertiary/aromatic N) is 6. The predicted octanol–water partition coefficient (Wildman–Crippen LogP) is 4.31. The van der Waals surface area contributed by atoms with Gasteiger partial charge in [-0.05, 0) is 63.8 Å². The fraction of sp³-hybridized carbons (Fsp3) is 0.480. The van der Waals surface area contributed by atoms with Crippen LogP contribution in [0.25, 0.3) is 11.0 Å². The van der Waals surface area contributed by atoms with E-state index in [4.69, 9.17) is 21.3 Å². The first-order chi connectivity index (χ1) is 16.9. The van der Waals surface area contributed by atoms with Crippen LogP contribution in [0, 0.1) is 5.92 Å². The van der Waals surface area contributed by atoms with Crippen molar-refractivity contribution in [3.05, 3.63) is 41.8 Å². The Bertz CT molecular complexity index is 1150. The maximum absolute atomic E-state index is 11.7. The van der Waals surface area contributed by atoms with Gasteiger partial charge in [0.15, 0.2) is 5.82 Å². The van der Waals surface area contributed by atoms with Crippen molar-refractivity contribution in [1.29, 1.82) is 0 Å². The average Bonchev–Trinajstić information content (AvgIpc) is 2.84. The van der Waals surface area contributed by atoms with Crippen molar-refractivity contribution in [3.63, 3.8) is 0 Å². The SMILES string of the molecule is CCOC(=O)CN(C)CC1CCC(N(C)c2ncc3ncnc(Nc4cccc(Cl)c4)c3n2)CC1. The topological polar surface area (TPSA) is 96.4 Å². The number of ether oxygens (including phenoxy) is 1. The van der Waals surface area contributed by atoms with Crippen molar-refractivity contribution < 1.29 is 9.53 Å². The molecular formula is C25H32ClN7O2. The molecule has 186 valence electrons.